The number of hydrogen-bond acceptors (Lipinski definition) is 8. The number of likely N-dealkylation sites (N-methyl/N-ethyl adjacent to an activating group) is 1. The number of hydrogen-bond donors (Lipinski definition) is 3. The number of amides is 1. The van der Waals surface area contributed by atoms with E-state index >= 15 is 0 Å². The van der Waals surface area contributed by atoms with Gasteiger partial charge in [-0.15, -0.1) is 0 Å². The highest BCUT2D eigenvalue weighted by Gasteiger charge is 2.32. The fraction of sp³-hybridized carbons (Fsp3) is 0.750. The van der Waals surface area contributed by atoms with Crippen LogP contribution in [0.25, 0.3) is 0 Å². The number of carbonyl (C=O) groups excluding carboxylic acids is 1. The smallest absolute Gasteiger partial charge is 0.407 e. The van der Waals surface area contributed by atoms with E-state index in [9.17, 15) is 18.0 Å². The molecule has 1 aromatic heterocycles. The second kappa shape index (κ2) is 10.8. The van der Waals surface area contributed by atoms with Crippen LogP contribution in [0.5, 0.6) is 0 Å². The Morgan fingerprint density at radius 3 is 2.50 bits per heavy atom. The zero-order valence-electron chi connectivity index (χ0n) is 19.2. The second-order valence-corrected chi connectivity index (χ2v) is 11.3. The molecule has 12 nitrogen and oxygen atoms in total. The van der Waals surface area contributed by atoms with Crippen LogP contribution in [0.15, 0.2) is 11.0 Å². The molecule has 0 aromatic carbocycles. The van der Waals surface area contributed by atoms with Crippen molar-refractivity contribution in [3.63, 3.8) is 0 Å². The summed E-state index contributed by atoms with van der Waals surface area (Å²) in [5.74, 6) is 0. The minimum Gasteiger partial charge on any atom is -0.444 e. The van der Waals surface area contributed by atoms with Crippen molar-refractivity contribution in [3.8, 4) is 0 Å². The maximum absolute atomic E-state index is 12.7. The van der Waals surface area contributed by atoms with Crippen molar-refractivity contribution in [2.24, 2.45) is 0 Å². The summed E-state index contributed by atoms with van der Waals surface area (Å²) in [6.45, 7) is 3.48. The highest BCUT2D eigenvalue weighted by Crippen LogP contribution is 2.26. The van der Waals surface area contributed by atoms with E-state index in [2.05, 4.69) is 25.1 Å². The zero-order valence-corrected chi connectivity index (χ0v) is 20.8. The Kier molecular flexibility index (Phi) is 7.97. The molecule has 14 heteroatoms. The number of ether oxygens (including phenoxy) is 1. The van der Waals surface area contributed by atoms with Crippen molar-refractivity contribution in [1.29, 1.82) is 0 Å². The van der Waals surface area contributed by atoms with Gasteiger partial charge in [0.15, 0.2) is 0 Å². The van der Waals surface area contributed by atoms with Crippen LogP contribution >= 0.6 is 11.6 Å². The van der Waals surface area contributed by atoms with Crippen LogP contribution in [0.2, 0.25) is 5.02 Å². The Bertz CT molecular complexity index is 1020. The molecule has 3 fully saturated rings. The van der Waals surface area contributed by atoms with Crippen LogP contribution in [0.4, 0.5) is 10.5 Å². The molecule has 1 aromatic rings. The van der Waals surface area contributed by atoms with E-state index in [1.165, 1.54) is 10.5 Å². The van der Waals surface area contributed by atoms with Crippen molar-refractivity contribution in [1.82, 2.24) is 29.4 Å². The highest BCUT2D eigenvalue weighted by molar-refractivity contribution is 7.87. The van der Waals surface area contributed by atoms with Crippen LogP contribution in [0.3, 0.4) is 0 Å². The molecule has 0 unspecified atom stereocenters. The summed E-state index contributed by atoms with van der Waals surface area (Å²) in [6, 6.07) is -0.185. The lowest BCUT2D eigenvalue weighted by Crippen LogP contribution is -2.53. The molecule has 1 saturated carbocycles. The molecule has 3 aliphatic rings. The van der Waals surface area contributed by atoms with E-state index in [0.29, 0.717) is 64.0 Å². The standard InChI is InChI=1S/C20H32ClN7O5S/c1-26-8-10-28(11-9-26)34(31,32)25-15-4-2-14(3-5-15)23-20(30)33-16-6-7-27(13-16)17-12-22-24-19(29)18(17)21/h12,14-16,25H,2-11,13H2,1H3,(H,23,30)(H,24,29)/t14?,15?,16-/m1/s1. The number of aromatic nitrogens is 2. The lowest BCUT2D eigenvalue weighted by Gasteiger charge is -2.34. The number of H-pyrrole nitrogens is 1. The SMILES string of the molecule is CN1CCN(S(=O)(=O)NC2CCC(NC(=O)O[C@@H]3CCN(c4cn[nH]c(=O)c4Cl)C3)CC2)CC1. The Hall–Kier alpha value is -1.93. The Balaban J connectivity index is 1.18. The average Bonchev–Trinajstić information content (AvgIpc) is 3.25. The van der Waals surface area contributed by atoms with Gasteiger partial charge in [0.05, 0.1) is 18.4 Å². The molecule has 2 saturated heterocycles. The molecule has 190 valence electrons. The van der Waals surface area contributed by atoms with Crippen LogP contribution in [0, 0.1) is 0 Å². The lowest BCUT2D eigenvalue weighted by atomic mass is 9.92. The zero-order chi connectivity index (χ0) is 24.3. The number of aromatic amines is 1. The molecular weight excluding hydrogens is 486 g/mol. The van der Waals surface area contributed by atoms with Gasteiger partial charge in [-0.25, -0.2) is 9.89 Å². The molecule has 3 heterocycles. The Morgan fingerprint density at radius 1 is 1.12 bits per heavy atom. The molecule has 0 spiro atoms. The van der Waals surface area contributed by atoms with Crippen molar-refractivity contribution in [3.05, 3.63) is 21.6 Å². The topological polar surface area (TPSA) is 140 Å². The first-order valence-electron chi connectivity index (χ1n) is 11.6. The van der Waals surface area contributed by atoms with Gasteiger partial charge >= 0.3 is 6.09 Å². The number of carbonyl (C=O) groups is 1. The van der Waals surface area contributed by atoms with E-state index in [1.807, 2.05) is 11.9 Å². The molecule has 3 N–H and O–H groups in total. The Labute approximate surface area is 204 Å². The molecule has 34 heavy (non-hydrogen) atoms. The predicted octanol–water partition coefficient (Wildman–Crippen LogP) is 0.121. The number of piperazine rings is 1. The number of nitrogens with one attached hydrogen (secondary N) is 3. The van der Waals surface area contributed by atoms with E-state index < -0.39 is 21.9 Å². The van der Waals surface area contributed by atoms with Crippen LogP contribution in [-0.4, -0.2) is 98.4 Å². The third kappa shape index (κ3) is 6.19. The van der Waals surface area contributed by atoms with Gasteiger partial charge in [-0.1, -0.05) is 11.6 Å². The van der Waals surface area contributed by atoms with Gasteiger partial charge in [0.1, 0.15) is 11.1 Å². The van der Waals surface area contributed by atoms with Gasteiger partial charge in [0.25, 0.3) is 15.8 Å². The van der Waals surface area contributed by atoms with Crippen LogP contribution < -0.4 is 20.5 Å². The van der Waals surface area contributed by atoms with Crippen LogP contribution in [-0.2, 0) is 14.9 Å². The van der Waals surface area contributed by atoms with Gasteiger partial charge in [0, 0.05) is 51.2 Å². The number of anilines is 1. The van der Waals surface area contributed by atoms with E-state index in [4.69, 9.17) is 16.3 Å². The van der Waals surface area contributed by atoms with E-state index in [1.54, 1.807) is 0 Å². The maximum atomic E-state index is 12.7. The van der Waals surface area contributed by atoms with Gasteiger partial charge in [-0.3, -0.25) is 4.79 Å². The molecule has 2 aliphatic heterocycles. The van der Waals surface area contributed by atoms with E-state index in [-0.39, 0.29) is 23.2 Å². The number of rotatable bonds is 6. The summed E-state index contributed by atoms with van der Waals surface area (Å²) in [5, 5.41) is 9.04. The van der Waals surface area contributed by atoms with Gasteiger partial charge in [-0.2, -0.15) is 22.5 Å². The lowest BCUT2D eigenvalue weighted by molar-refractivity contribution is 0.102. The third-order valence-corrected chi connectivity index (χ3v) is 8.74. The molecule has 1 amide bonds. The van der Waals surface area contributed by atoms with Crippen molar-refractivity contribution in [2.75, 3.05) is 51.2 Å². The summed E-state index contributed by atoms with van der Waals surface area (Å²) in [6.07, 6.45) is 3.98. The second-order valence-electron chi connectivity index (χ2n) is 9.18. The first kappa shape index (κ1) is 25.2. The summed E-state index contributed by atoms with van der Waals surface area (Å²) < 4.78 is 35.2. The first-order valence-corrected chi connectivity index (χ1v) is 13.4. The summed E-state index contributed by atoms with van der Waals surface area (Å²) in [7, 11) is -1.51. The molecule has 0 bridgehead atoms. The van der Waals surface area contributed by atoms with E-state index in [0.717, 1.165) is 13.1 Å². The maximum Gasteiger partial charge on any atom is 0.407 e. The number of nitrogens with zero attached hydrogens (tertiary/aromatic N) is 4. The quantitative estimate of drug-likeness (QED) is 0.483. The predicted molar refractivity (Wildman–Crippen MR) is 127 cm³/mol. The summed E-state index contributed by atoms with van der Waals surface area (Å²) in [4.78, 5) is 28.0. The van der Waals surface area contributed by atoms with Crippen molar-refractivity contribution >= 4 is 33.6 Å². The number of halogens is 1. The fourth-order valence-corrected chi connectivity index (χ4v) is 6.32. The summed E-state index contributed by atoms with van der Waals surface area (Å²) in [5.41, 5.74) is 0.0666. The minimum absolute atomic E-state index is 0.0549. The average molecular weight is 518 g/mol. The minimum atomic E-state index is -3.49. The summed E-state index contributed by atoms with van der Waals surface area (Å²) >= 11 is 6.06. The van der Waals surface area contributed by atoms with Crippen LogP contribution in [0.1, 0.15) is 32.1 Å². The molecule has 0 radical (unpaired) electrons. The monoisotopic (exact) mass is 517 g/mol. The normalized spacial score (nSPS) is 27.0. The van der Waals surface area contributed by atoms with Gasteiger partial charge < -0.3 is 19.9 Å². The molecule has 1 atom stereocenters. The van der Waals surface area contributed by atoms with Gasteiger partial charge in [0.2, 0.25) is 0 Å². The van der Waals surface area contributed by atoms with Gasteiger partial charge in [-0.05, 0) is 32.7 Å². The fourth-order valence-electron chi connectivity index (χ4n) is 4.66. The Morgan fingerprint density at radius 2 is 1.79 bits per heavy atom. The highest BCUT2D eigenvalue weighted by atomic mass is 35.5. The number of alkyl carbamates (subject to hydrolysis) is 1. The molecular formula is C20H32ClN7O5S. The largest absolute Gasteiger partial charge is 0.444 e. The molecule has 4 rings (SSSR count). The van der Waals surface area contributed by atoms with Crippen molar-refractivity contribution < 1.29 is 17.9 Å². The third-order valence-electron chi connectivity index (χ3n) is 6.70. The van der Waals surface area contributed by atoms with Crippen molar-refractivity contribution in [2.45, 2.75) is 50.3 Å². The molecule has 1 aliphatic carbocycles. The first-order chi connectivity index (χ1) is 16.2.